The molecule has 17 heavy (non-hydrogen) atoms. The van der Waals surface area contributed by atoms with E-state index in [-0.39, 0.29) is 24.4 Å². The molecule has 0 saturated carbocycles. The Kier molecular flexibility index (Phi) is 5.97. The molecule has 0 aromatic heterocycles. The zero-order valence-corrected chi connectivity index (χ0v) is 10.6. The fourth-order valence-corrected chi connectivity index (χ4v) is 2.04. The molecule has 1 aliphatic heterocycles. The Hall–Kier alpha value is -1.10. The van der Waals surface area contributed by atoms with E-state index >= 15 is 0 Å². The van der Waals surface area contributed by atoms with Crippen LogP contribution in [0.3, 0.4) is 0 Å². The van der Waals surface area contributed by atoms with Crippen LogP contribution in [0.25, 0.3) is 0 Å². The number of carbonyl (C=O) groups is 2. The van der Waals surface area contributed by atoms with Crippen molar-refractivity contribution in [3.8, 4) is 0 Å². The first kappa shape index (κ1) is 14.0. The van der Waals surface area contributed by atoms with Gasteiger partial charge in [0.1, 0.15) is 0 Å². The summed E-state index contributed by atoms with van der Waals surface area (Å²) >= 11 is 0. The molecule has 0 aromatic rings. The third-order valence-electron chi connectivity index (χ3n) is 2.78. The fraction of sp³-hybridized carbons (Fsp3) is 0.833. The molecule has 0 amide bonds. The molecule has 98 valence electrons. The summed E-state index contributed by atoms with van der Waals surface area (Å²) in [7, 11) is 0. The van der Waals surface area contributed by atoms with E-state index in [1.807, 2.05) is 4.90 Å². The van der Waals surface area contributed by atoms with Gasteiger partial charge in [0, 0.05) is 6.54 Å². The molecule has 1 aliphatic rings. The van der Waals surface area contributed by atoms with Crippen molar-refractivity contribution in [3.05, 3.63) is 0 Å². The third kappa shape index (κ3) is 4.73. The molecule has 0 N–H and O–H groups in total. The molecular weight excluding hydrogens is 222 g/mol. The predicted molar refractivity (Wildman–Crippen MR) is 62.4 cm³/mol. The zero-order chi connectivity index (χ0) is 12.7. The van der Waals surface area contributed by atoms with Gasteiger partial charge in [-0.2, -0.15) is 0 Å². The number of hydrogen-bond donors (Lipinski definition) is 0. The minimum Gasteiger partial charge on any atom is -0.466 e. The molecule has 1 atom stereocenters. The van der Waals surface area contributed by atoms with Crippen molar-refractivity contribution < 1.29 is 19.1 Å². The molecule has 5 heteroatoms. The minimum atomic E-state index is -0.225. The lowest BCUT2D eigenvalue weighted by Gasteiger charge is -2.30. The molecule has 0 spiro atoms. The standard InChI is InChI=1S/C12H21NO4/c1-3-16-11(14)9-13-7-5-6-10(8-13)12(15)17-4-2/h10H,3-9H2,1-2H3/t10-/m1/s1. The summed E-state index contributed by atoms with van der Waals surface area (Å²) in [5, 5.41) is 0. The lowest BCUT2D eigenvalue weighted by atomic mass is 9.98. The first-order valence-electron chi connectivity index (χ1n) is 6.22. The quantitative estimate of drug-likeness (QED) is 0.669. The molecule has 0 aromatic carbocycles. The van der Waals surface area contributed by atoms with E-state index in [9.17, 15) is 9.59 Å². The highest BCUT2D eigenvalue weighted by Gasteiger charge is 2.27. The summed E-state index contributed by atoms with van der Waals surface area (Å²) in [4.78, 5) is 24.9. The summed E-state index contributed by atoms with van der Waals surface area (Å²) in [6.45, 7) is 6.10. The first-order chi connectivity index (χ1) is 8.17. The zero-order valence-electron chi connectivity index (χ0n) is 10.6. The summed E-state index contributed by atoms with van der Waals surface area (Å²) in [6, 6.07) is 0. The second-order valence-electron chi connectivity index (χ2n) is 4.13. The SMILES string of the molecule is CCOC(=O)CN1CCC[C@@H](C(=O)OCC)C1. The summed E-state index contributed by atoms with van der Waals surface area (Å²) in [5.74, 6) is -0.476. The Morgan fingerprint density at radius 1 is 1.24 bits per heavy atom. The van der Waals surface area contributed by atoms with Gasteiger partial charge in [-0.1, -0.05) is 0 Å². The Morgan fingerprint density at radius 3 is 2.59 bits per heavy atom. The number of esters is 2. The number of carbonyl (C=O) groups excluding carboxylic acids is 2. The average molecular weight is 243 g/mol. The smallest absolute Gasteiger partial charge is 0.320 e. The van der Waals surface area contributed by atoms with Gasteiger partial charge >= 0.3 is 11.9 Å². The summed E-state index contributed by atoms with van der Waals surface area (Å²) < 4.78 is 9.89. The number of piperidine rings is 1. The molecule has 1 heterocycles. The van der Waals surface area contributed by atoms with Crippen LogP contribution >= 0.6 is 0 Å². The van der Waals surface area contributed by atoms with E-state index in [4.69, 9.17) is 9.47 Å². The van der Waals surface area contributed by atoms with Crippen LogP contribution in [0.15, 0.2) is 0 Å². The van der Waals surface area contributed by atoms with Crippen molar-refractivity contribution in [1.29, 1.82) is 0 Å². The highest BCUT2D eigenvalue weighted by atomic mass is 16.5. The largest absolute Gasteiger partial charge is 0.466 e. The van der Waals surface area contributed by atoms with E-state index in [0.29, 0.717) is 19.8 Å². The Morgan fingerprint density at radius 2 is 1.94 bits per heavy atom. The van der Waals surface area contributed by atoms with Crippen LogP contribution in [0.4, 0.5) is 0 Å². The van der Waals surface area contributed by atoms with Crippen molar-refractivity contribution in [2.75, 3.05) is 32.8 Å². The highest BCUT2D eigenvalue weighted by molar-refractivity contribution is 5.74. The second-order valence-corrected chi connectivity index (χ2v) is 4.13. The molecule has 1 fully saturated rings. The van der Waals surface area contributed by atoms with Crippen molar-refractivity contribution in [2.24, 2.45) is 5.92 Å². The van der Waals surface area contributed by atoms with Crippen LogP contribution < -0.4 is 0 Å². The Balaban J connectivity index is 2.38. The van der Waals surface area contributed by atoms with Gasteiger partial charge in [-0.05, 0) is 33.2 Å². The van der Waals surface area contributed by atoms with Crippen molar-refractivity contribution in [1.82, 2.24) is 4.90 Å². The van der Waals surface area contributed by atoms with E-state index < -0.39 is 0 Å². The molecule has 0 unspecified atom stereocenters. The van der Waals surface area contributed by atoms with Gasteiger partial charge in [0.15, 0.2) is 0 Å². The van der Waals surface area contributed by atoms with Gasteiger partial charge in [-0.15, -0.1) is 0 Å². The number of hydrogen-bond acceptors (Lipinski definition) is 5. The van der Waals surface area contributed by atoms with Gasteiger partial charge in [0.05, 0.1) is 25.7 Å². The van der Waals surface area contributed by atoms with Gasteiger partial charge < -0.3 is 9.47 Å². The molecule has 1 rings (SSSR count). The first-order valence-corrected chi connectivity index (χ1v) is 6.22. The van der Waals surface area contributed by atoms with E-state index in [0.717, 1.165) is 19.4 Å². The van der Waals surface area contributed by atoms with Crippen LogP contribution in [-0.4, -0.2) is 49.7 Å². The summed E-state index contributed by atoms with van der Waals surface area (Å²) in [5.41, 5.74) is 0. The van der Waals surface area contributed by atoms with Crippen LogP contribution in [0.1, 0.15) is 26.7 Å². The predicted octanol–water partition coefficient (Wildman–Crippen LogP) is 0.825. The monoisotopic (exact) mass is 243 g/mol. The van der Waals surface area contributed by atoms with Crippen molar-refractivity contribution in [3.63, 3.8) is 0 Å². The van der Waals surface area contributed by atoms with Crippen LogP contribution in [-0.2, 0) is 19.1 Å². The fourth-order valence-electron chi connectivity index (χ4n) is 2.04. The highest BCUT2D eigenvalue weighted by Crippen LogP contribution is 2.17. The maximum Gasteiger partial charge on any atom is 0.320 e. The van der Waals surface area contributed by atoms with E-state index in [1.54, 1.807) is 13.8 Å². The second kappa shape index (κ2) is 7.27. The third-order valence-corrected chi connectivity index (χ3v) is 2.78. The molecular formula is C12H21NO4. The number of likely N-dealkylation sites (tertiary alicyclic amines) is 1. The maximum atomic E-state index is 11.6. The van der Waals surface area contributed by atoms with E-state index in [2.05, 4.69) is 0 Å². The van der Waals surface area contributed by atoms with Crippen molar-refractivity contribution >= 4 is 11.9 Å². The number of ether oxygens (including phenoxy) is 2. The van der Waals surface area contributed by atoms with Gasteiger partial charge in [-0.3, -0.25) is 14.5 Å². The van der Waals surface area contributed by atoms with Crippen LogP contribution in [0, 0.1) is 5.92 Å². The Labute approximate surface area is 102 Å². The lowest BCUT2D eigenvalue weighted by Crippen LogP contribution is -2.42. The average Bonchev–Trinajstić information content (AvgIpc) is 2.30. The minimum absolute atomic E-state index is 0.0990. The lowest BCUT2D eigenvalue weighted by molar-refractivity contribution is -0.152. The number of nitrogens with zero attached hydrogens (tertiary/aromatic N) is 1. The molecule has 0 radical (unpaired) electrons. The normalized spacial score (nSPS) is 20.9. The molecule has 0 bridgehead atoms. The topological polar surface area (TPSA) is 55.8 Å². The van der Waals surface area contributed by atoms with E-state index in [1.165, 1.54) is 0 Å². The van der Waals surface area contributed by atoms with Gasteiger partial charge in [0.25, 0.3) is 0 Å². The Bertz CT molecular complexity index is 267. The summed E-state index contributed by atoms with van der Waals surface area (Å²) in [6.07, 6.45) is 1.76. The molecule has 5 nitrogen and oxygen atoms in total. The van der Waals surface area contributed by atoms with Crippen molar-refractivity contribution in [2.45, 2.75) is 26.7 Å². The molecule has 0 aliphatic carbocycles. The molecule has 1 saturated heterocycles. The van der Waals surface area contributed by atoms with Crippen LogP contribution in [0.2, 0.25) is 0 Å². The maximum absolute atomic E-state index is 11.6. The van der Waals surface area contributed by atoms with Gasteiger partial charge in [-0.25, -0.2) is 0 Å². The number of rotatable bonds is 5. The van der Waals surface area contributed by atoms with Gasteiger partial charge in [0.2, 0.25) is 0 Å². The van der Waals surface area contributed by atoms with Crippen LogP contribution in [0.5, 0.6) is 0 Å².